The molecule has 17 heavy (non-hydrogen) atoms. The molecule has 0 saturated carbocycles. The average Bonchev–Trinajstić information content (AvgIpc) is 2.14. The summed E-state index contributed by atoms with van der Waals surface area (Å²) < 4.78 is 45.4. The first-order valence-corrected chi connectivity index (χ1v) is 4.88. The highest BCUT2D eigenvalue weighted by molar-refractivity contribution is 5.69. The van der Waals surface area contributed by atoms with Crippen LogP contribution in [0.2, 0.25) is 0 Å². The summed E-state index contributed by atoms with van der Waals surface area (Å²) in [5.74, 6) is -3.08. The third kappa shape index (κ3) is 7.37. The summed E-state index contributed by atoms with van der Waals surface area (Å²) in [5.41, 5.74) is 0. The van der Waals surface area contributed by atoms with Gasteiger partial charge in [0.05, 0.1) is 6.61 Å². The van der Waals surface area contributed by atoms with Crippen molar-refractivity contribution < 1.29 is 32.2 Å². The second kappa shape index (κ2) is 6.93. The molecular weight excluding hydrogens is 241 g/mol. The molecule has 98 valence electrons. The highest BCUT2D eigenvalue weighted by Crippen LogP contribution is 2.27. The van der Waals surface area contributed by atoms with Crippen LogP contribution in [-0.2, 0) is 19.1 Å². The van der Waals surface area contributed by atoms with Crippen molar-refractivity contribution >= 4 is 11.9 Å². The minimum absolute atomic E-state index is 0.165. The lowest BCUT2D eigenvalue weighted by atomic mass is 10.2. The summed E-state index contributed by atoms with van der Waals surface area (Å²) >= 11 is 0. The first-order valence-electron chi connectivity index (χ1n) is 4.88. The van der Waals surface area contributed by atoms with Crippen molar-refractivity contribution in [3.63, 3.8) is 0 Å². The van der Waals surface area contributed by atoms with E-state index in [1.54, 1.807) is 6.92 Å². The van der Waals surface area contributed by atoms with Gasteiger partial charge in [0.15, 0.2) is 0 Å². The van der Waals surface area contributed by atoms with E-state index in [0.29, 0.717) is 6.08 Å². The molecule has 7 heteroatoms. The summed E-state index contributed by atoms with van der Waals surface area (Å²) in [6.45, 7) is 2.62. The van der Waals surface area contributed by atoms with Crippen LogP contribution in [0.1, 0.15) is 26.7 Å². The lowest BCUT2D eigenvalue weighted by Crippen LogP contribution is -2.17. The van der Waals surface area contributed by atoms with Gasteiger partial charge in [0.2, 0.25) is 5.76 Å². The Hall–Kier alpha value is -1.53. The van der Waals surface area contributed by atoms with Crippen LogP contribution >= 0.6 is 0 Å². The van der Waals surface area contributed by atoms with Crippen LogP contribution in [0.5, 0.6) is 0 Å². The van der Waals surface area contributed by atoms with E-state index in [0.717, 1.165) is 6.92 Å². The molecule has 0 aliphatic rings. The van der Waals surface area contributed by atoms with E-state index in [4.69, 9.17) is 0 Å². The average molecular weight is 254 g/mol. The molecule has 0 atom stereocenters. The molecular formula is C10H13F3O4. The molecule has 0 heterocycles. The van der Waals surface area contributed by atoms with E-state index < -0.39 is 23.9 Å². The van der Waals surface area contributed by atoms with Gasteiger partial charge in [0.25, 0.3) is 0 Å². The number of alkyl halides is 3. The molecule has 0 aliphatic carbocycles. The monoisotopic (exact) mass is 254 g/mol. The zero-order valence-corrected chi connectivity index (χ0v) is 9.47. The molecule has 0 rings (SSSR count). The lowest BCUT2D eigenvalue weighted by Gasteiger charge is -2.10. The maximum absolute atomic E-state index is 12.3. The fourth-order valence-electron chi connectivity index (χ4n) is 0.924. The number of hydrogen-bond donors (Lipinski definition) is 0. The SMILES string of the molecule is CCOC(=O)CC/C=C(\OC(C)=O)C(F)(F)F. The van der Waals surface area contributed by atoms with Crippen molar-refractivity contribution in [3.8, 4) is 0 Å². The van der Waals surface area contributed by atoms with Crippen molar-refractivity contribution in [1.29, 1.82) is 0 Å². The summed E-state index contributed by atoms with van der Waals surface area (Å²) in [6.07, 6.45) is -4.51. The van der Waals surface area contributed by atoms with Crippen molar-refractivity contribution in [2.75, 3.05) is 6.61 Å². The predicted molar refractivity (Wildman–Crippen MR) is 51.8 cm³/mol. The van der Waals surface area contributed by atoms with Crippen molar-refractivity contribution in [1.82, 2.24) is 0 Å². The minimum Gasteiger partial charge on any atom is -0.466 e. The van der Waals surface area contributed by atoms with E-state index in [2.05, 4.69) is 9.47 Å². The molecule has 0 aromatic carbocycles. The summed E-state index contributed by atoms with van der Waals surface area (Å²) in [6, 6.07) is 0. The first-order chi connectivity index (χ1) is 7.77. The van der Waals surface area contributed by atoms with Gasteiger partial charge in [-0.05, 0) is 19.4 Å². The lowest BCUT2D eigenvalue weighted by molar-refractivity contribution is -0.158. The van der Waals surface area contributed by atoms with E-state index >= 15 is 0 Å². The summed E-state index contributed by atoms with van der Waals surface area (Å²) in [7, 11) is 0. The number of halogens is 3. The van der Waals surface area contributed by atoms with Gasteiger partial charge in [-0.2, -0.15) is 13.2 Å². The zero-order chi connectivity index (χ0) is 13.5. The van der Waals surface area contributed by atoms with Gasteiger partial charge in [-0.1, -0.05) is 0 Å². The third-order valence-corrected chi connectivity index (χ3v) is 1.52. The molecule has 0 N–H and O–H groups in total. The van der Waals surface area contributed by atoms with Crippen LogP contribution in [0, 0.1) is 0 Å². The van der Waals surface area contributed by atoms with Gasteiger partial charge >= 0.3 is 18.1 Å². The van der Waals surface area contributed by atoms with Gasteiger partial charge < -0.3 is 9.47 Å². The molecule has 0 aromatic rings. The zero-order valence-electron chi connectivity index (χ0n) is 9.47. The van der Waals surface area contributed by atoms with Crippen LogP contribution in [0.15, 0.2) is 11.8 Å². The van der Waals surface area contributed by atoms with Crippen LogP contribution < -0.4 is 0 Å². The van der Waals surface area contributed by atoms with Gasteiger partial charge in [-0.3, -0.25) is 9.59 Å². The summed E-state index contributed by atoms with van der Waals surface area (Å²) in [5, 5.41) is 0. The minimum atomic E-state index is -4.75. The van der Waals surface area contributed by atoms with Crippen LogP contribution in [0.25, 0.3) is 0 Å². The number of esters is 2. The van der Waals surface area contributed by atoms with E-state index in [1.165, 1.54) is 0 Å². The summed E-state index contributed by atoms with van der Waals surface area (Å²) in [4.78, 5) is 21.3. The van der Waals surface area contributed by atoms with Crippen LogP contribution in [-0.4, -0.2) is 24.7 Å². The van der Waals surface area contributed by atoms with Crippen molar-refractivity contribution in [2.24, 2.45) is 0 Å². The maximum atomic E-state index is 12.3. The number of carbonyl (C=O) groups excluding carboxylic acids is 2. The molecule has 0 saturated heterocycles. The Kier molecular flexibility index (Phi) is 6.30. The number of ether oxygens (including phenoxy) is 2. The molecule has 0 unspecified atom stereocenters. The quantitative estimate of drug-likeness (QED) is 0.558. The second-order valence-corrected chi connectivity index (χ2v) is 3.00. The van der Waals surface area contributed by atoms with Gasteiger partial charge in [0, 0.05) is 13.3 Å². The number of carbonyl (C=O) groups is 2. The van der Waals surface area contributed by atoms with Gasteiger partial charge in [0.1, 0.15) is 0 Å². The fraction of sp³-hybridized carbons (Fsp3) is 0.600. The van der Waals surface area contributed by atoms with Crippen molar-refractivity contribution in [3.05, 3.63) is 11.8 Å². The molecule has 4 nitrogen and oxygen atoms in total. The molecule has 0 amide bonds. The highest BCUT2D eigenvalue weighted by Gasteiger charge is 2.36. The predicted octanol–water partition coefficient (Wildman–Crippen LogP) is 2.34. The Morgan fingerprint density at radius 3 is 2.29 bits per heavy atom. The third-order valence-electron chi connectivity index (χ3n) is 1.52. The molecule has 0 aliphatic heterocycles. The highest BCUT2D eigenvalue weighted by atomic mass is 19.4. The van der Waals surface area contributed by atoms with Gasteiger partial charge in [-0.15, -0.1) is 0 Å². The largest absolute Gasteiger partial charge is 0.466 e. The van der Waals surface area contributed by atoms with Crippen LogP contribution in [0.3, 0.4) is 0 Å². The molecule has 0 bridgehead atoms. The number of hydrogen-bond acceptors (Lipinski definition) is 4. The van der Waals surface area contributed by atoms with Gasteiger partial charge in [-0.25, -0.2) is 0 Å². The first kappa shape index (κ1) is 15.5. The molecule has 0 radical (unpaired) electrons. The Morgan fingerprint density at radius 2 is 1.88 bits per heavy atom. The molecule has 0 spiro atoms. The maximum Gasteiger partial charge on any atom is 0.449 e. The number of rotatable bonds is 5. The Morgan fingerprint density at radius 1 is 1.29 bits per heavy atom. The topological polar surface area (TPSA) is 52.6 Å². The Bertz CT molecular complexity index is 307. The standard InChI is InChI=1S/C10H13F3O4/c1-3-16-9(15)6-4-5-8(10(11,12)13)17-7(2)14/h5H,3-4,6H2,1-2H3/b8-5-. The van der Waals surface area contributed by atoms with E-state index in [-0.39, 0.29) is 19.4 Å². The van der Waals surface area contributed by atoms with E-state index in [9.17, 15) is 22.8 Å². The van der Waals surface area contributed by atoms with Crippen LogP contribution in [0.4, 0.5) is 13.2 Å². The second-order valence-electron chi connectivity index (χ2n) is 3.00. The smallest absolute Gasteiger partial charge is 0.449 e. The fourth-order valence-corrected chi connectivity index (χ4v) is 0.924. The Balaban J connectivity index is 4.40. The normalized spacial score (nSPS) is 12.2. The van der Waals surface area contributed by atoms with Crippen molar-refractivity contribution in [2.45, 2.75) is 32.9 Å². The van der Waals surface area contributed by atoms with E-state index in [1.807, 2.05) is 0 Å². The molecule has 0 aromatic heterocycles. The molecule has 0 fully saturated rings. The Labute approximate surface area is 96.4 Å². The number of allylic oxidation sites excluding steroid dienone is 2.